The van der Waals surface area contributed by atoms with Crippen LogP contribution in [0.4, 0.5) is 18.9 Å². The van der Waals surface area contributed by atoms with Gasteiger partial charge in [-0.15, -0.1) is 0 Å². The molecule has 0 spiro atoms. The van der Waals surface area contributed by atoms with Crippen LogP contribution in [0, 0.1) is 5.82 Å². The zero-order valence-corrected chi connectivity index (χ0v) is 12.0. The van der Waals surface area contributed by atoms with Crippen molar-refractivity contribution in [3.05, 3.63) is 30.1 Å². The predicted molar refractivity (Wildman–Crippen MR) is 75.0 cm³/mol. The van der Waals surface area contributed by atoms with Crippen molar-refractivity contribution in [2.24, 2.45) is 0 Å². The first-order chi connectivity index (χ1) is 9.85. The third kappa shape index (κ3) is 4.65. The maximum absolute atomic E-state index is 12.9. The van der Waals surface area contributed by atoms with Crippen LogP contribution in [0.3, 0.4) is 0 Å². The van der Waals surface area contributed by atoms with Gasteiger partial charge in [-0.2, -0.15) is 0 Å². The number of carbonyl (C=O) groups is 1. The Morgan fingerprint density at radius 2 is 1.71 bits per heavy atom. The Morgan fingerprint density at radius 1 is 1.14 bits per heavy atom. The number of piperazine rings is 1. The fraction of sp³-hybridized carbons (Fsp3) is 0.533. The van der Waals surface area contributed by atoms with Gasteiger partial charge in [-0.25, -0.2) is 13.2 Å². The van der Waals surface area contributed by atoms with Crippen LogP contribution >= 0.6 is 0 Å². The van der Waals surface area contributed by atoms with Gasteiger partial charge in [-0.1, -0.05) is 0 Å². The Kier molecular flexibility index (Phi) is 4.75. The number of carbonyl (C=O) groups excluding carboxylic acids is 1. The zero-order valence-electron chi connectivity index (χ0n) is 12.0. The van der Waals surface area contributed by atoms with Crippen LogP contribution in [0.5, 0.6) is 0 Å². The van der Waals surface area contributed by atoms with E-state index in [0.717, 1.165) is 12.6 Å². The molecule has 1 saturated heterocycles. The van der Waals surface area contributed by atoms with Gasteiger partial charge in [0.2, 0.25) is 11.8 Å². The van der Waals surface area contributed by atoms with Crippen LogP contribution in [-0.4, -0.2) is 42.9 Å². The number of halogens is 3. The number of anilines is 1. The molecule has 1 aromatic carbocycles. The van der Waals surface area contributed by atoms with E-state index in [4.69, 9.17) is 0 Å². The monoisotopic (exact) mass is 300 g/mol. The Bertz CT molecular complexity index is 477. The minimum Gasteiger partial charge on any atom is -0.368 e. The molecule has 1 heterocycles. The summed E-state index contributed by atoms with van der Waals surface area (Å²) < 4.78 is 38.4. The van der Waals surface area contributed by atoms with Gasteiger partial charge in [0.05, 0.1) is 0 Å². The molecule has 0 radical (unpaired) electrons. The molecule has 0 saturated carbocycles. The van der Waals surface area contributed by atoms with Crippen LogP contribution in [0.25, 0.3) is 0 Å². The fourth-order valence-corrected chi connectivity index (χ4v) is 2.35. The molecule has 0 N–H and O–H groups in total. The average Bonchev–Trinajstić information content (AvgIpc) is 2.45. The molecule has 1 aliphatic heterocycles. The second kappa shape index (κ2) is 6.37. The summed E-state index contributed by atoms with van der Waals surface area (Å²) in [6.45, 7) is 3.09. The highest BCUT2D eigenvalue weighted by Crippen LogP contribution is 2.21. The van der Waals surface area contributed by atoms with E-state index in [2.05, 4.69) is 4.90 Å². The van der Waals surface area contributed by atoms with Crippen molar-refractivity contribution in [1.29, 1.82) is 0 Å². The van der Waals surface area contributed by atoms with Crippen LogP contribution < -0.4 is 4.90 Å². The van der Waals surface area contributed by atoms with E-state index in [1.165, 1.54) is 12.1 Å². The molecular formula is C15H19F3N2O. The van der Waals surface area contributed by atoms with Crippen LogP contribution in [0.2, 0.25) is 0 Å². The summed E-state index contributed by atoms with van der Waals surface area (Å²) in [7, 11) is 0. The van der Waals surface area contributed by atoms with Crippen molar-refractivity contribution in [3.63, 3.8) is 0 Å². The van der Waals surface area contributed by atoms with Gasteiger partial charge in [0, 0.05) is 44.7 Å². The Balaban J connectivity index is 1.82. The van der Waals surface area contributed by atoms with Crippen molar-refractivity contribution < 1.29 is 18.0 Å². The molecule has 1 aromatic rings. The smallest absolute Gasteiger partial charge is 0.245 e. The maximum atomic E-state index is 12.9. The Labute approximate surface area is 122 Å². The molecule has 6 heteroatoms. The molecule has 0 aliphatic carbocycles. The standard InChI is InChI=1S/C15H19F3N2O/c1-15(17,18)7-6-14(21)20-10-8-19(9-11-20)13-4-2-12(16)3-5-13/h2-5H,6-11H2,1H3. The quantitative estimate of drug-likeness (QED) is 0.853. The molecule has 0 aromatic heterocycles. The number of amides is 1. The molecule has 3 nitrogen and oxygen atoms in total. The minimum atomic E-state index is -2.80. The topological polar surface area (TPSA) is 23.6 Å². The molecule has 0 bridgehead atoms. The van der Waals surface area contributed by atoms with E-state index in [-0.39, 0.29) is 18.1 Å². The third-order valence-corrected chi connectivity index (χ3v) is 3.60. The van der Waals surface area contributed by atoms with Crippen molar-refractivity contribution in [2.45, 2.75) is 25.7 Å². The highest BCUT2D eigenvalue weighted by atomic mass is 19.3. The number of hydrogen-bond donors (Lipinski definition) is 0. The normalized spacial score (nSPS) is 16.2. The third-order valence-electron chi connectivity index (χ3n) is 3.60. The van der Waals surface area contributed by atoms with Crippen LogP contribution in [0.15, 0.2) is 24.3 Å². The Morgan fingerprint density at radius 3 is 2.24 bits per heavy atom. The number of hydrogen-bond acceptors (Lipinski definition) is 2. The second-order valence-corrected chi connectivity index (χ2v) is 5.41. The van der Waals surface area contributed by atoms with Crippen molar-refractivity contribution in [3.8, 4) is 0 Å². The summed E-state index contributed by atoms with van der Waals surface area (Å²) in [6, 6.07) is 6.20. The summed E-state index contributed by atoms with van der Waals surface area (Å²) in [5, 5.41) is 0. The number of alkyl halides is 2. The second-order valence-electron chi connectivity index (χ2n) is 5.41. The number of benzene rings is 1. The molecule has 1 aliphatic rings. The van der Waals surface area contributed by atoms with E-state index in [1.807, 2.05) is 0 Å². The van der Waals surface area contributed by atoms with Crippen LogP contribution in [0.1, 0.15) is 19.8 Å². The molecule has 2 rings (SSSR count). The van der Waals surface area contributed by atoms with E-state index in [0.29, 0.717) is 26.2 Å². The van der Waals surface area contributed by atoms with E-state index < -0.39 is 12.3 Å². The molecule has 0 atom stereocenters. The minimum absolute atomic E-state index is 0.125. The SMILES string of the molecule is CC(F)(F)CCC(=O)N1CCN(c2ccc(F)cc2)CC1. The van der Waals surface area contributed by atoms with Gasteiger partial charge in [0.15, 0.2) is 0 Å². The number of nitrogens with zero attached hydrogens (tertiary/aromatic N) is 2. The summed E-state index contributed by atoms with van der Waals surface area (Å²) in [5.74, 6) is -3.31. The maximum Gasteiger partial charge on any atom is 0.245 e. The van der Waals surface area contributed by atoms with Crippen molar-refractivity contribution in [2.75, 3.05) is 31.1 Å². The Hall–Kier alpha value is -1.72. The highest BCUT2D eigenvalue weighted by Gasteiger charge is 2.26. The summed E-state index contributed by atoms with van der Waals surface area (Å²) in [4.78, 5) is 15.5. The van der Waals surface area contributed by atoms with Gasteiger partial charge in [-0.05, 0) is 31.2 Å². The lowest BCUT2D eigenvalue weighted by molar-refractivity contribution is -0.133. The van der Waals surface area contributed by atoms with Gasteiger partial charge in [-0.3, -0.25) is 4.79 Å². The first-order valence-corrected chi connectivity index (χ1v) is 7.01. The molecule has 21 heavy (non-hydrogen) atoms. The van der Waals surface area contributed by atoms with Crippen LogP contribution in [-0.2, 0) is 4.79 Å². The fourth-order valence-electron chi connectivity index (χ4n) is 2.35. The van der Waals surface area contributed by atoms with E-state index >= 15 is 0 Å². The lowest BCUT2D eigenvalue weighted by Crippen LogP contribution is -2.48. The summed E-state index contributed by atoms with van der Waals surface area (Å²) in [5.41, 5.74) is 0.906. The largest absolute Gasteiger partial charge is 0.368 e. The summed E-state index contributed by atoms with van der Waals surface area (Å²) in [6.07, 6.45) is -0.538. The van der Waals surface area contributed by atoms with Gasteiger partial charge in [0.1, 0.15) is 5.82 Å². The predicted octanol–water partition coefficient (Wildman–Crippen LogP) is 2.91. The van der Waals surface area contributed by atoms with Gasteiger partial charge in [0.25, 0.3) is 0 Å². The molecule has 1 amide bonds. The average molecular weight is 300 g/mol. The lowest BCUT2D eigenvalue weighted by atomic mass is 10.1. The lowest BCUT2D eigenvalue weighted by Gasteiger charge is -2.36. The highest BCUT2D eigenvalue weighted by molar-refractivity contribution is 5.76. The van der Waals surface area contributed by atoms with E-state index in [9.17, 15) is 18.0 Å². The molecule has 1 fully saturated rings. The molecule has 116 valence electrons. The number of rotatable bonds is 4. The van der Waals surface area contributed by atoms with Gasteiger partial charge < -0.3 is 9.80 Å². The van der Waals surface area contributed by atoms with Crippen molar-refractivity contribution in [1.82, 2.24) is 4.90 Å². The molecular weight excluding hydrogens is 281 g/mol. The van der Waals surface area contributed by atoms with Gasteiger partial charge >= 0.3 is 0 Å². The first kappa shape index (κ1) is 15.7. The zero-order chi connectivity index (χ0) is 15.5. The molecule has 0 unspecified atom stereocenters. The van der Waals surface area contributed by atoms with Crippen molar-refractivity contribution >= 4 is 11.6 Å². The van der Waals surface area contributed by atoms with E-state index in [1.54, 1.807) is 17.0 Å². The summed E-state index contributed by atoms with van der Waals surface area (Å²) >= 11 is 0. The first-order valence-electron chi connectivity index (χ1n) is 7.01.